The molecule has 1 aromatic carbocycles. The molecule has 2 rings (SSSR count). The van der Waals surface area contributed by atoms with Gasteiger partial charge in [0, 0.05) is 15.8 Å². The fraction of sp³-hybridized carbons (Fsp3) is 0.214. The molecule has 94 valence electrons. The number of halogens is 1. The molecule has 0 radical (unpaired) electrons. The fourth-order valence-electron chi connectivity index (χ4n) is 1.62. The van der Waals surface area contributed by atoms with Gasteiger partial charge in [0.1, 0.15) is 5.75 Å². The first kappa shape index (κ1) is 13.3. The number of benzene rings is 1. The van der Waals surface area contributed by atoms with Gasteiger partial charge in [0.15, 0.2) is 5.78 Å². The number of ether oxygens (including phenoxy) is 1. The van der Waals surface area contributed by atoms with Crippen LogP contribution in [0.2, 0.25) is 0 Å². The standard InChI is InChI=1S/C14H13BrO2S/c1-10(16)13-9-11(15)4-5-14(13)17-7-6-12-3-2-8-18-12/h2-5,8-9H,6-7H2,1H3. The van der Waals surface area contributed by atoms with Gasteiger partial charge in [0.2, 0.25) is 0 Å². The molecule has 2 nitrogen and oxygen atoms in total. The first-order valence-electron chi connectivity index (χ1n) is 5.62. The lowest BCUT2D eigenvalue weighted by molar-refractivity contribution is 0.101. The summed E-state index contributed by atoms with van der Waals surface area (Å²) in [6, 6.07) is 9.62. The van der Waals surface area contributed by atoms with Crippen molar-refractivity contribution in [3.63, 3.8) is 0 Å². The minimum absolute atomic E-state index is 0.0161. The van der Waals surface area contributed by atoms with Crippen molar-refractivity contribution < 1.29 is 9.53 Å². The second-order valence-electron chi connectivity index (χ2n) is 3.87. The van der Waals surface area contributed by atoms with E-state index in [1.165, 1.54) is 4.88 Å². The highest BCUT2D eigenvalue weighted by molar-refractivity contribution is 9.10. The molecule has 0 unspecified atom stereocenters. The lowest BCUT2D eigenvalue weighted by atomic mass is 10.1. The zero-order valence-corrected chi connectivity index (χ0v) is 12.4. The number of hydrogen-bond donors (Lipinski definition) is 0. The van der Waals surface area contributed by atoms with E-state index >= 15 is 0 Å². The Kier molecular flexibility index (Phi) is 4.55. The molecular weight excluding hydrogens is 312 g/mol. The Morgan fingerprint density at radius 2 is 2.22 bits per heavy atom. The maximum Gasteiger partial charge on any atom is 0.163 e. The van der Waals surface area contributed by atoms with Gasteiger partial charge < -0.3 is 4.74 Å². The molecule has 0 saturated carbocycles. The number of Topliss-reactive ketones (excluding diaryl/α,β-unsaturated/α-hetero) is 1. The first-order valence-corrected chi connectivity index (χ1v) is 7.30. The Morgan fingerprint density at radius 1 is 1.39 bits per heavy atom. The summed E-state index contributed by atoms with van der Waals surface area (Å²) in [6.07, 6.45) is 0.866. The average Bonchev–Trinajstić information content (AvgIpc) is 2.84. The summed E-state index contributed by atoms with van der Waals surface area (Å²) >= 11 is 5.07. The van der Waals surface area contributed by atoms with Gasteiger partial charge in [-0.25, -0.2) is 0 Å². The van der Waals surface area contributed by atoms with Gasteiger partial charge >= 0.3 is 0 Å². The molecule has 0 saturated heterocycles. The molecule has 18 heavy (non-hydrogen) atoms. The monoisotopic (exact) mass is 324 g/mol. The van der Waals surface area contributed by atoms with Gasteiger partial charge in [0.05, 0.1) is 12.2 Å². The quantitative estimate of drug-likeness (QED) is 0.765. The average molecular weight is 325 g/mol. The van der Waals surface area contributed by atoms with E-state index in [1.807, 2.05) is 18.2 Å². The summed E-state index contributed by atoms with van der Waals surface area (Å²) in [5, 5.41) is 2.05. The Balaban J connectivity index is 2.02. The van der Waals surface area contributed by atoms with Crippen LogP contribution in [-0.4, -0.2) is 12.4 Å². The van der Waals surface area contributed by atoms with Crippen molar-refractivity contribution in [2.75, 3.05) is 6.61 Å². The molecule has 0 aliphatic heterocycles. The maximum absolute atomic E-state index is 11.5. The molecular formula is C14H13BrO2S. The van der Waals surface area contributed by atoms with Crippen LogP contribution in [0.25, 0.3) is 0 Å². The van der Waals surface area contributed by atoms with Crippen molar-refractivity contribution >= 4 is 33.0 Å². The topological polar surface area (TPSA) is 26.3 Å². The van der Waals surface area contributed by atoms with Crippen molar-refractivity contribution in [1.82, 2.24) is 0 Å². The summed E-state index contributed by atoms with van der Waals surface area (Å²) in [6.45, 7) is 2.14. The number of hydrogen-bond acceptors (Lipinski definition) is 3. The second-order valence-corrected chi connectivity index (χ2v) is 5.82. The van der Waals surface area contributed by atoms with E-state index in [0.717, 1.165) is 10.9 Å². The van der Waals surface area contributed by atoms with Crippen LogP contribution in [-0.2, 0) is 6.42 Å². The molecule has 0 atom stereocenters. The highest BCUT2D eigenvalue weighted by atomic mass is 79.9. The highest BCUT2D eigenvalue weighted by Gasteiger charge is 2.09. The molecule has 2 aromatic rings. The predicted molar refractivity (Wildman–Crippen MR) is 77.7 cm³/mol. The fourth-order valence-corrected chi connectivity index (χ4v) is 2.67. The minimum Gasteiger partial charge on any atom is -0.492 e. The zero-order valence-electron chi connectivity index (χ0n) is 9.98. The van der Waals surface area contributed by atoms with Crippen LogP contribution in [0.15, 0.2) is 40.2 Å². The molecule has 4 heteroatoms. The van der Waals surface area contributed by atoms with Crippen LogP contribution in [0.5, 0.6) is 5.75 Å². The van der Waals surface area contributed by atoms with E-state index in [1.54, 1.807) is 24.3 Å². The van der Waals surface area contributed by atoms with E-state index in [0.29, 0.717) is 17.9 Å². The highest BCUT2D eigenvalue weighted by Crippen LogP contribution is 2.24. The molecule has 0 amide bonds. The first-order chi connectivity index (χ1) is 8.66. The van der Waals surface area contributed by atoms with Crippen LogP contribution in [0, 0.1) is 0 Å². The molecule has 1 heterocycles. The van der Waals surface area contributed by atoms with E-state index in [-0.39, 0.29) is 5.78 Å². The van der Waals surface area contributed by atoms with Crippen LogP contribution in [0.4, 0.5) is 0 Å². The maximum atomic E-state index is 11.5. The van der Waals surface area contributed by atoms with E-state index in [4.69, 9.17) is 4.74 Å². The normalized spacial score (nSPS) is 10.3. The van der Waals surface area contributed by atoms with Gasteiger partial charge in [-0.2, -0.15) is 0 Å². The lowest BCUT2D eigenvalue weighted by Gasteiger charge is -2.09. The van der Waals surface area contributed by atoms with Crippen LogP contribution >= 0.6 is 27.3 Å². The number of thiophene rings is 1. The van der Waals surface area contributed by atoms with Crippen molar-refractivity contribution in [2.24, 2.45) is 0 Å². The molecule has 0 bridgehead atoms. The Bertz CT molecular complexity index is 535. The van der Waals surface area contributed by atoms with E-state index in [2.05, 4.69) is 27.4 Å². The Labute approximate surface area is 119 Å². The van der Waals surface area contributed by atoms with Crippen molar-refractivity contribution in [3.8, 4) is 5.75 Å². The molecule has 0 aliphatic rings. The zero-order chi connectivity index (χ0) is 13.0. The number of ketones is 1. The van der Waals surface area contributed by atoms with Crippen LogP contribution in [0.3, 0.4) is 0 Å². The number of carbonyl (C=O) groups is 1. The predicted octanol–water partition coefficient (Wildman–Crippen LogP) is 4.33. The van der Waals surface area contributed by atoms with Gasteiger partial charge in [0.25, 0.3) is 0 Å². The van der Waals surface area contributed by atoms with Crippen LogP contribution < -0.4 is 4.74 Å². The number of carbonyl (C=O) groups excluding carboxylic acids is 1. The lowest BCUT2D eigenvalue weighted by Crippen LogP contribution is -2.04. The Hall–Kier alpha value is -1.13. The second kappa shape index (κ2) is 6.16. The minimum atomic E-state index is 0.0161. The third-order valence-corrected chi connectivity index (χ3v) is 3.94. The van der Waals surface area contributed by atoms with Crippen LogP contribution in [0.1, 0.15) is 22.2 Å². The van der Waals surface area contributed by atoms with Gasteiger partial charge in [-0.3, -0.25) is 4.79 Å². The van der Waals surface area contributed by atoms with E-state index in [9.17, 15) is 4.79 Å². The summed E-state index contributed by atoms with van der Waals surface area (Å²) < 4.78 is 6.58. The van der Waals surface area contributed by atoms with E-state index < -0.39 is 0 Å². The smallest absolute Gasteiger partial charge is 0.163 e. The third kappa shape index (κ3) is 3.43. The molecule has 0 aliphatic carbocycles. The molecule has 0 spiro atoms. The number of rotatable bonds is 5. The summed E-state index contributed by atoms with van der Waals surface area (Å²) in [7, 11) is 0. The molecule has 0 fully saturated rings. The van der Waals surface area contributed by atoms with Gasteiger partial charge in [-0.15, -0.1) is 11.3 Å². The van der Waals surface area contributed by atoms with Gasteiger partial charge in [-0.05, 0) is 36.6 Å². The van der Waals surface area contributed by atoms with Crippen molar-refractivity contribution in [2.45, 2.75) is 13.3 Å². The molecule has 0 N–H and O–H groups in total. The summed E-state index contributed by atoms with van der Waals surface area (Å²) in [5.74, 6) is 0.671. The van der Waals surface area contributed by atoms with Crippen molar-refractivity contribution in [1.29, 1.82) is 0 Å². The Morgan fingerprint density at radius 3 is 2.89 bits per heavy atom. The summed E-state index contributed by atoms with van der Waals surface area (Å²) in [5.41, 5.74) is 0.621. The molecule has 1 aromatic heterocycles. The van der Waals surface area contributed by atoms with Crippen molar-refractivity contribution in [3.05, 3.63) is 50.6 Å². The van der Waals surface area contributed by atoms with Gasteiger partial charge in [-0.1, -0.05) is 22.0 Å². The largest absolute Gasteiger partial charge is 0.492 e. The third-order valence-electron chi connectivity index (χ3n) is 2.51. The summed E-state index contributed by atoms with van der Waals surface area (Å²) in [4.78, 5) is 12.8. The SMILES string of the molecule is CC(=O)c1cc(Br)ccc1OCCc1cccs1.